The summed E-state index contributed by atoms with van der Waals surface area (Å²) >= 11 is 0. The van der Waals surface area contributed by atoms with E-state index in [0.717, 1.165) is 18.3 Å². The molecule has 1 aromatic rings. The van der Waals surface area contributed by atoms with Crippen molar-refractivity contribution >= 4 is 5.91 Å². The molecule has 1 aliphatic carbocycles. The molecule has 5 heteroatoms. The highest BCUT2D eigenvalue weighted by Crippen LogP contribution is 2.31. The third kappa shape index (κ3) is 4.89. The summed E-state index contributed by atoms with van der Waals surface area (Å²) in [7, 11) is 0. The van der Waals surface area contributed by atoms with E-state index in [0.29, 0.717) is 18.8 Å². The van der Waals surface area contributed by atoms with Crippen molar-refractivity contribution in [2.75, 3.05) is 19.8 Å². The fraction of sp³-hybridized carbons (Fsp3) is 0.500. The van der Waals surface area contributed by atoms with Gasteiger partial charge in [-0.3, -0.25) is 10.2 Å². The lowest BCUT2D eigenvalue weighted by Crippen LogP contribution is -2.29. The minimum atomic E-state index is -0.310. The third-order valence-corrected chi connectivity index (χ3v) is 3.11. The molecular weight excluding hydrogens is 244 g/mol. The summed E-state index contributed by atoms with van der Waals surface area (Å²) < 4.78 is 11.0. The maximum absolute atomic E-state index is 11.2. The highest BCUT2D eigenvalue weighted by molar-refractivity contribution is 5.93. The maximum atomic E-state index is 11.2. The van der Waals surface area contributed by atoms with Crippen molar-refractivity contribution in [3.8, 4) is 5.75 Å². The van der Waals surface area contributed by atoms with E-state index in [2.05, 4.69) is 5.43 Å². The Hall–Kier alpha value is -1.59. The van der Waals surface area contributed by atoms with Crippen LogP contribution in [0.25, 0.3) is 0 Å². The van der Waals surface area contributed by atoms with Gasteiger partial charge in [-0.2, -0.15) is 0 Å². The number of ether oxygens (including phenoxy) is 2. The first-order valence-electron chi connectivity index (χ1n) is 6.61. The molecule has 19 heavy (non-hydrogen) atoms. The molecular formula is C14H20N2O3. The van der Waals surface area contributed by atoms with E-state index in [9.17, 15) is 4.79 Å². The van der Waals surface area contributed by atoms with E-state index in [4.69, 9.17) is 15.3 Å². The summed E-state index contributed by atoms with van der Waals surface area (Å²) in [5, 5.41) is 0. The predicted molar refractivity (Wildman–Crippen MR) is 71.8 cm³/mol. The molecule has 1 amide bonds. The Balaban J connectivity index is 1.60. The fourth-order valence-electron chi connectivity index (χ4n) is 1.76. The number of hydrogen-bond acceptors (Lipinski definition) is 4. The molecule has 0 heterocycles. The Kier molecular flexibility index (Phi) is 5.18. The van der Waals surface area contributed by atoms with Crippen LogP contribution in [0.1, 0.15) is 29.6 Å². The molecule has 0 aliphatic heterocycles. The third-order valence-electron chi connectivity index (χ3n) is 3.11. The van der Waals surface area contributed by atoms with Crippen LogP contribution >= 0.6 is 0 Å². The molecule has 1 fully saturated rings. The van der Waals surface area contributed by atoms with E-state index in [1.165, 1.54) is 19.3 Å². The summed E-state index contributed by atoms with van der Waals surface area (Å²) in [4.78, 5) is 11.2. The van der Waals surface area contributed by atoms with E-state index >= 15 is 0 Å². The minimum Gasteiger partial charge on any atom is -0.491 e. The van der Waals surface area contributed by atoms with Gasteiger partial charge < -0.3 is 9.47 Å². The van der Waals surface area contributed by atoms with Crippen LogP contribution < -0.4 is 16.0 Å². The smallest absolute Gasteiger partial charge is 0.265 e. The average molecular weight is 264 g/mol. The Morgan fingerprint density at radius 1 is 1.21 bits per heavy atom. The Bertz CT molecular complexity index is 402. The van der Waals surface area contributed by atoms with Crippen LogP contribution in [-0.2, 0) is 4.74 Å². The molecule has 1 aliphatic rings. The van der Waals surface area contributed by atoms with Crippen molar-refractivity contribution in [3.63, 3.8) is 0 Å². The molecule has 0 radical (unpaired) electrons. The molecule has 0 aromatic heterocycles. The van der Waals surface area contributed by atoms with Gasteiger partial charge in [-0.25, -0.2) is 5.84 Å². The second-order valence-corrected chi connectivity index (χ2v) is 4.69. The minimum absolute atomic E-state index is 0.310. The second kappa shape index (κ2) is 7.11. The first-order valence-corrected chi connectivity index (χ1v) is 6.61. The molecule has 0 atom stereocenters. The first kappa shape index (κ1) is 13.8. The Morgan fingerprint density at radius 3 is 2.58 bits per heavy atom. The molecule has 104 valence electrons. The largest absolute Gasteiger partial charge is 0.491 e. The number of carbonyl (C=O) groups excluding carboxylic acids is 1. The van der Waals surface area contributed by atoms with E-state index in [1.807, 2.05) is 0 Å². The van der Waals surface area contributed by atoms with Crippen molar-refractivity contribution in [2.24, 2.45) is 11.8 Å². The normalized spacial score (nSPS) is 14.2. The summed E-state index contributed by atoms with van der Waals surface area (Å²) in [5.74, 6) is 6.36. The Labute approximate surface area is 113 Å². The number of hydrogen-bond donors (Lipinski definition) is 2. The van der Waals surface area contributed by atoms with Gasteiger partial charge in [0.2, 0.25) is 0 Å². The fourth-order valence-corrected chi connectivity index (χ4v) is 1.76. The van der Waals surface area contributed by atoms with Gasteiger partial charge in [0.1, 0.15) is 12.4 Å². The van der Waals surface area contributed by atoms with Gasteiger partial charge in [0.05, 0.1) is 6.61 Å². The first-order chi connectivity index (χ1) is 9.29. The number of hydrazine groups is 1. The molecule has 1 saturated carbocycles. The zero-order valence-electron chi connectivity index (χ0n) is 10.9. The zero-order valence-corrected chi connectivity index (χ0v) is 10.9. The molecule has 2 rings (SSSR count). The van der Waals surface area contributed by atoms with Crippen LogP contribution in [0.3, 0.4) is 0 Å². The number of rotatable bonds is 8. The number of amides is 1. The summed E-state index contributed by atoms with van der Waals surface area (Å²) in [5.41, 5.74) is 2.59. The van der Waals surface area contributed by atoms with Crippen molar-refractivity contribution in [1.29, 1.82) is 0 Å². The van der Waals surface area contributed by atoms with E-state index in [-0.39, 0.29) is 5.91 Å². The van der Waals surface area contributed by atoms with Gasteiger partial charge in [0.25, 0.3) is 5.91 Å². The van der Waals surface area contributed by atoms with Gasteiger partial charge in [-0.05, 0) is 36.6 Å². The monoisotopic (exact) mass is 264 g/mol. The standard InChI is InChI=1S/C14H20N2O3/c15-16-14(17)12-3-5-13(6-4-12)19-10-9-18-8-7-11-1-2-11/h3-6,11H,1-2,7-10,15H2,(H,16,17). The van der Waals surface area contributed by atoms with Gasteiger partial charge in [-0.15, -0.1) is 0 Å². The number of nitrogens with one attached hydrogen (secondary N) is 1. The van der Waals surface area contributed by atoms with E-state index < -0.39 is 0 Å². The lowest BCUT2D eigenvalue weighted by atomic mass is 10.2. The van der Waals surface area contributed by atoms with Crippen LogP contribution in [0.5, 0.6) is 5.75 Å². The molecule has 0 unspecified atom stereocenters. The summed E-state index contributed by atoms with van der Waals surface area (Å²) in [6, 6.07) is 6.83. The zero-order chi connectivity index (χ0) is 13.5. The molecule has 5 nitrogen and oxygen atoms in total. The van der Waals surface area contributed by atoms with Crippen molar-refractivity contribution in [3.05, 3.63) is 29.8 Å². The summed E-state index contributed by atoms with van der Waals surface area (Å²) in [6.07, 6.45) is 3.90. The SMILES string of the molecule is NNC(=O)c1ccc(OCCOCCC2CC2)cc1. The van der Waals surface area contributed by atoms with Crippen LogP contribution in [0, 0.1) is 5.92 Å². The van der Waals surface area contributed by atoms with Gasteiger partial charge in [0, 0.05) is 12.2 Å². The topological polar surface area (TPSA) is 73.6 Å². The highest BCUT2D eigenvalue weighted by atomic mass is 16.5. The molecule has 0 spiro atoms. The van der Waals surface area contributed by atoms with Gasteiger partial charge in [0.15, 0.2) is 0 Å². The molecule has 3 N–H and O–H groups in total. The maximum Gasteiger partial charge on any atom is 0.265 e. The lowest BCUT2D eigenvalue weighted by Gasteiger charge is -2.07. The second-order valence-electron chi connectivity index (χ2n) is 4.69. The summed E-state index contributed by atoms with van der Waals surface area (Å²) in [6.45, 7) is 1.94. The van der Waals surface area contributed by atoms with Crippen molar-refractivity contribution in [1.82, 2.24) is 5.43 Å². The molecule has 0 saturated heterocycles. The van der Waals surface area contributed by atoms with Crippen LogP contribution in [-0.4, -0.2) is 25.7 Å². The van der Waals surface area contributed by atoms with Crippen LogP contribution in [0.15, 0.2) is 24.3 Å². The lowest BCUT2D eigenvalue weighted by molar-refractivity contribution is 0.0948. The number of carbonyl (C=O) groups is 1. The predicted octanol–water partition coefficient (Wildman–Crippen LogP) is 1.49. The van der Waals surface area contributed by atoms with Gasteiger partial charge in [-0.1, -0.05) is 12.8 Å². The van der Waals surface area contributed by atoms with Gasteiger partial charge >= 0.3 is 0 Å². The van der Waals surface area contributed by atoms with Crippen LogP contribution in [0.2, 0.25) is 0 Å². The molecule has 1 aromatic carbocycles. The quantitative estimate of drug-likeness (QED) is 0.323. The molecule has 0 bridgehead atoms. The average Bonchev–Trinajstić information content (AvgIpc) is 3.26. The van der Waals surface area contributed by atoms with Crippen molar-refractivity contribution in [2.45, 2.75) is 19.3 Å². The highest BCUT2D eigenvalue weighted by Gasteiger charge is 2.20. The number of nitrogen functional groups attached to an aromatic ring is 1. The number of benzene rings is 1. The Morgan fingerprint density at radius 2 is 1.95 bits per heavy atom. The van der Waals surface area contributed by atoms with Crippen LogP contribution in [0.4, 0.5) is 0 Å². The van der Waals surface area contributed by atoms with Crippen molar-refractivity contribution < 1.29 is 14.3 Å². The number of nitrogens with two attached hydrogens (primary N) is 1. The van der Waals surface area contributed by atoms with E-state index in [1.54, 1.807) is 24.3 Å².